The summed E-state index contributed by atoms with van der Waals surface area (Å²) in [5, 5.41) is 17.9. The Labute approximate surface area is 90.8 Å². The minimum atomic E-state index is -1.46. The van der Waals surface area contributed by atoms with Gasteiger partial charge in [-0.25, -0.2) is 4.39 Å². The van der Waals surface area contributed by atoms with Crippen LogP contribution >= 0.6 is 11.3 Å². The van der Waals surface area contributed by atoms with Gasteiger partial charge in [-0.05, 0) is 23.8 Å². The molecular formula is C10H8BFO2S. The molecule has 1 aromatic heterocycles. The summed E-state index contributed by atoms with van der Waals surface area (Å²) in [6.45, 7) is 0. The molecule has 5 heteroatoms. The van der Waals surface area contributed by atoms with Gasteiger partial charge in [0.2, 0.25) is 0 Å². The van der Waals surface area contributed by atoms with E-state index in [2.05, 4.69) is 0 Å². The average Bonchev–Trinajstić information content (AvgIpc) is 2.66. The SMILES string of the molecule is OB(O)c1ccc(-c2cccc(F)c2)s1. The Kier molecular flexibility index (Phi) is 2.86. The van der Waals surface area contributed by atoms with E-state index in [1.54, 1.807) is 24.3 Å². The van der Waals surface area contributed by atoms with Crippen molar-refractivity contribution < 1.29 is 14.4 Å². The Bertz CT molecular complexity index is 470. The molecule has 0 radical (unpaired) electrons. The maximum absolute atomic E-state index is 12.9. The second-order valence-electron chi connectivity index (χ2n) is 3.09. The van der Waals surface area contributed by atoms with Crippen molar-refractivity contribution in [3.63, 3.8) is 0 Å². The van der Waals surface area contributed by atoms with E-state index in [1.807, 2.05) is 0 Å². The van der Waals surface area contributed by atoms with Crippen LogP contribution in [0.5, 0.6) is 0 Å². The van der Waals surface area contributed by atoms with Crippen LogP contribution in [0, 0.1) is 5.82 Å². The van der Waals surface area contributed by atoms with Gasteiger partial charge in [-0.2, -0.15) is 0 Å². The van der Waals surface area contributed by atoms with E-state index in [4.69, 9.17) is 10.0 Å². The normalized spacial score (nSPS) is 10.3. The highest BCUT2D eigenvalue weighted by Gasteiger charge is 2.14. The van der Waals surface area contributed by atoms with Crippen LogP contribution < -0.4 is 4.78 Å². The molecule has 0 unspecified atom stereocenters. The van der Waals surface area contributed by atoms with Crippen molar-refractivity contribution in [1.29, 1.82) is 0 Å². The highest BCUT2D eigenvalue weighted by Crippen LogP contribution is 2.23. The van der Waals surface area contributed by atoms with Crippen molar-refractivity contribution in [2.45, 2.75) is 0 Å². The zero-order valence-corrected chi connectivity index (χ0v) is 8.54. The lowest BCUT2D eigenvalue weighted by Gasteiger charge is -1.96. The van der Waals surface area contributed by atoms with Gasteiger partial charge in [0.1, 0.15) is 5.82 Å². The molecule has 0 aliphatic heterocycles. The summed E-state index contributed by atoms with van der Waals surface area (Å²) in [6.07, 6.45) is 0. The van der Waals surface area contributed by atoms with Crippen LogP contribution in [0.3, 0.4) is 0 Å². The van der Waals surface area contributed by atoms with Crippen molar-refractivity contribution in [2.75, 3.05) is 0 Å². The predicted octanol–water partition coefficient (Wildman–Crippen LogP) is 1.23. The minimum Gasteiger partial charge on any atom is -0.423 e. The van der Waals surface area contributed by atoms with Crippen molar-refractivity contribution >= 4 is 23.2 Å². The fourth-order valence-electron chi connectivity index (χ4n) is 1.29. The van der Waals surface area contributed by atoms with Crippen LogP contribution in [0.4, 0.5) is 4.39 Å². The second-order valence-corrected chi connectivity index (χ2v) is 4.20. The van der Waals surface area contributed by atoms with E-state index < -0.39 is 7.12 Å². The topological polar surface area (TPSA) is 40.5 Å². The summed E-state index contributed by atoms with van der Waals surface area (Å²) in [5.41, 5.74) is 0.743. The molecule has 15 heavy (non-hydrogen) atoms. The third kappa shape index (κ3) is 2.26. The number of benzene rings is 1. The summed E-state index contributed by atoms with van der Waals surface area (Å²) in [6, 6.07) is 9.56. The summed E-state index contributed by atoms with van der Waals surface area (Å²) >= 11 is 1.24. The molecule has 0 aliphatic rings. The molecule has 0 amide bonds. The Morgan fingerprint density at radius 2 is 1.93 bits per heavy atom. The van der Waals surface area contributed by atoms with Gasteiger partial charge >= 0.3 is 7.12 Å². The fraction of sp³-hybridized carbons (Fsp3) is 0. The van der Waals surface area contributed by atoms with Crippen molar-refractivity contribution in [2.24, 2.45) is 0 Å². The smallest absolute Gasteiger partial charge is 0.423 e. The van der Waals surface area contributed by atoms with Crippen LogP contribution in [0.15, 0.2) is 36.4 Å². The van der Waals surface area contributed by atoms with Gasteiger partial charge in [0, 0.05) is 9.65 Å². The molecule has 2 nitrogen and oxygen atoms in total. The molecule has 0 atom stereocenters. The zero-order valence-electron chi connectivity index (χ0n) is 7.72. The summed E-state index contributed by atoms with van der Waals surface area (Å²) < 4.78 is 13.4. The predicted molar refractivity (Wildman–Crippen MR) is 59.5 cm³/mol. The lowest BCUT2D eigenvalue weighted by atomic mass is 9.90. The molecule has 1 heterocycles. The van der Waals surface area contributed by atoms with Gasteiger partial charge in [0.25, 0.3) is 0 Å². The first-order valence-corrected chi connectivity index (χ1v) is 5.20. The molecule has 0 bridgehead atoms. The monoisotopic (exact) mass is 222 g/mol. The maximum atomic E-state index is 12.9. The fourth-order valence-corrected chi connectivity index (χ4v) is 2.16. The molecule has 2 aromatic rings. The quantitative estimate of drug-likeness (QED) is 0.750. The van der Waals surface area contributed by atoms with E-state index in [9.17, 15) is 4.39 Å². The van der Waals surface area contributed by atoms with Gasteiger partial charge in [0.15, 0.2) is 0 Å². The minimum absolute atomic E-state index is 0.299. The Morgan fingerprint density at radius 1 is 1.13 bits per heavy atom. The Morgan fingerprint density at radius 3 is 2.53 bits per heavy atom. The third-order valence-electron chi connectivity index (χ3n) is 1.99. The van der Waals surface area contributed by atoms with Crippen LogP contribution in [0.25, 0.3) is 10.4 Å². The third-order valence-corrected chi connectivity index (χ3v) is 3.16. The van der Waals surface area contributed by atoms with E-state index in [0.717, 1.165) is 10.4 Å². The van der Waals surface area contributed by atoms with Crippen molar-refractivity contribution in [1.82, 2.24) is 0 Å². The van der Waals surface area contributed by atoms with E-state index >= 15 is 0 Å². The number of halogens is 1. The zero-order chi connectivity index (χ0) is 10.8. The molecule has 0 saturated heterocycles. The number of hydrogen-bond donors (Lipinski definition) is 2. The van der Waals surface area contributed by atoms with Gasteiger partial charge in [-0.1, -0.05) is 18.2 Å². The number of rotatable bonds is 2. The Hall–Kier alpha value is -1.17. The van der Waals surface area contributed by atoms with Crippen molar-refractivity contribution in [3.05, 3.63) is 42.2 Å². The molecule has 2 N–H and O–H groups in total. The first-order valence-electron chi connectivity index (χ1n) is 4.38. The molecule has 0 aliphatic carbocycles. The maximum Gasteiger partial charge on any atom is 0.499 e. The average molecular weight is 222 g/mol. The summed E-state index contributed by atoms with van der Waals surface area (Å²) in [5.74, 6) is -0.299. The van der Waals surface area contributed by atoms with Gasteiger partial charge in [0.05, 0.1) is 0 Å². The molecule has 0 fully saturated rings. The number of thiophene rings is 1. The van der Waals surface area contributed by atoms with Crippen LogP contribution in [0.1, 0.15) is 0 Å². The van der Waals surface area contributed by atoms with Gasteiger partial charge in [-0.15, -0.1) is 11.3 Å². The standard InChI is InChI=1S/C10H8BFO2S/c12-8-3-1-2-7(6-8)9-4-5-10(15-9)11(13)14/h1-6,13-14H. The first-order chi connectivity index (χ1) is 7.16. The number of hydrogen-bond acceptors (Lipinski definition) is 3. The molecule has 2 rings (SSSR count). The highest BCUT2D eigenvalue weighted by atomic mass is 32.1. The lowest BCUT2D eigenvalue weighted by molar-refractivity contribution is 0.427. The van der Waals surface area contributed by atoms with E-state index in [0.29, 0.717) is 4.78 Å². The summed E-state index contributed by atoms with van der Waals surface area (Å²) in [7, 11) is -1.46. The van der Waals surface area contributed by atoms with Crippen LogP contribution in [-0.4, -0.2) is 17.2 Å². The van der Waals surface area contributed by atoms with Crippen LogP contribution in [0.2, 0.25) is 0 Å². The first kappa shape index (κ1) is 10.4. The van der Waals surface area contributed by atoms with Crippen LogP contribution in [-0.2, 0) is 0 Å². The highest BCUT2D eigenvalue weighted by molar-refractivity contribution is 7.24. The van der Waals surface area contributed by atoms with E-state index in [-0.39, 0.29) is 5.82 Å². The Balaban J connectivity index is 2.37. The van der Waals surface area contributed by atoms with Gasteiger partial charge in [-0.3, -0.25) is 0 Å². The summed E-state index contributed by atoms with van der Waals surface area (Å²) in [4.78, 5) is 0.817. The molecule has 1 aromatic carbocycles. The molecule has 76 valence electrons. The van der Waals surface area contributed by atoms with E-state index in [1.165, 1.54) is 23.5 Å². The molecular weight excluding hydrogens is 214 g/mol. The molecule has 0 spiro atoms. The largest absolute Gasteiger partial charge is 0.499 e. The molecule has 0 saturated carbocycles. The second kappa shape index (κ2) is 4.14. The van der Waals surface area contributed by atoms with Gasteiger partial charge < -0.3 is 10.0 Å². The lowest BCUT2D eigenvalue weighted by Crippen LogP contribution is -2.26. The van der Waals surface area contributed by atoms with Crippen molar-refractivity contribution in [3.8, 4) is 10.4 Å².